The summed E-state index contributed by atoms with van der Waals surface area (Å²) in [6.07, 6.45) is 2.64. The second-order valence-electron chi connectivity index (χ2n) is 4.45. The van der Waals surface area contributed by atoms with Crippen molar-refractivity contribution < 1.29 is 0 Å². The average molecular weight is 174 g/mol. The summed E-state index contributed by atoms with van der Waals surface area (Å²) in [5.74, 6) is 0.785. The van der Waals surface area contributed by atoms with E-state index in [1.54, 1.807) is 16.7 Å². The van der Waals surface area contributed by atoms with E-state index in [0.29, 0.717) is 0 Å². The molecule has 0 fully saturated rings. The van der Waals surface area contributed by atoms with E-state index in [0.717, 1.165) is 5.92 Å². The minimum absolute atomic E-state index is 0.785. The molecule has 1 aromatic carbocycles. The van der Waals surface area contributed by atoms with E-state index in [4.69, 9.17) is 0 Å². The molecule has 0 N–H and O–H groups in total. The lowest BCUT2D eigenvalue weighted by Gasteiger charge is -2.12. The molecule has 1 aliphatic rings. The van der Waals surface area contributed by atoms with E-state index in [1.807, 2.05) is 0 Å². The van der Waals surface area contributed by atoms with Crippen molar-refractivity contribution in [3.05, 3.63) is 33.9 Å². The maximum Gasteiger partial charge on any atom is -0.0184 e. The van der Waals surface area contributed by atoms with Gasteiger partial charge in [-0.3, -0.25) is 0 Å². The van der Waals surface area contributed by atoms with Crippen LogP contribution in [-0.4, -0.2) is 0 Å². The van der Waals surface area contributed by atoms with E-state index >= 15 is 0 Å². The van der Waals surface area contributed by atoms with Crippen molar-refractivity contribution in [3.63, 3.8) is 0 Å². The Balaban J connectivity index is 2.67. The lowest BCUT2D eigenvalue weighted by atomic mass is 9.93. The molecule has 0 saturated carbocycles. The molecule has 70 valence electrons. The molecule has 0 spiro atoms. The van der Waals surface area contributed by atoms with Crippen LogP contribution in [0.25, 0.3) is 0 Å². The molecule has 0 aromatic heterocycles. The standard InChI is InChI=1S/C13H18/c1-8-5-6-12-11(4)10(3)9(2)7-13(8)12/h7-8H,5-6H2,1-4H3. The zero-order chi connectivity index (χ0) is 9.59. The van der Waals surface area contributed by atoms with E-state index < -0.39 is 0 Å². The van der Waals surface area contributed by atoms with Gasteiger partial charge in [0.2, 0.25) is 0 Å². The molecule has 1 aromatic rings. The molecular weight excluding hydrogens is 156 g/mol. The Morgan fingerprint density at radius 3 is 2.54 bits per heavy atom. The van der Waals surface area contributed by atoms with Crippen molar-refractivity contribution >= 4 is 0 Å². The van der Waals surface area contributed by atoms with Gasteiger partial charge in [-0.1, -0.05) is 13.0 Å². The Hall–Kier alpha value is -0.780. The van der Waals surface area contributed by atoms with Gasteiger partial charge in [-0.05, 0) is 67.3 Å². The summed E-state index contributed by atoms with van der Waals surface area (Å²) >= 11 is 0. The molecule has 1 aliphatic carbocycles. The Labute approximate surface area is 81.0 Å². The molecule has 0 nitrogen and oxygen atoms in total. The van der Waals surface area contributed by atoms with Crippen molar-refractivity contribution in [1.82, 2.24) is 0 Å². The molecule has 13 heavy (non-hydrogen) atoms. The first-order valence-electron chi connectivity index (χ1n) is 5.21. The first-order valence-corrected chi connectivity index (χ1v) is 5.21. The molecule has 2 rings (SSSR count). The monoisotopic (exact) mass is 174 g/mol. The Bertz CT molecular complexity index is 348. The Kier molecular flexibility index (Phi) is 1.94. The molecule has 0 heteroatoms. The second-order valence-corrected chi connectivity index (χ2v) is 4.45. The summed E-state index contributed by atoms with van der Waals surface area (Å²) in [4.78, 5) is 0. The van der Waals surface area contributed by atoms with Crippen LogP contribution >= 0.6 is 0 Å². The summed E-state index contributed by atoms with van der Waals surface area (Å²) in [6.45, 7) is 9.10. The van der Waals surface area contributed by atoms with Crippen LogP contribution in [0, 0.1) is 20.8 Å². The largest absolute Gasteiger partial charge is 0.0584 e. The van der Waals surface area contributed by atoms with E-state index in [2.05, 4.69) is 33.8 Å². The number of rotatable bonds is 0. The highest BCUT2D eigenvalue weighted by Crippen LogP contribution is 2.36. The molecule has 0 heterocycles. The SMILES string of the molecule is Cc1cc2c(c(C)c1C)CCC2C. The van der Waals surface area contributed by atoms with Crippen molar-refractivity contribution in [2.75, 3.05) is 0 Å². The van der Waals surface area contributed by atoms with Crippen LogP contribution in [0.2, 0.25) is 0 Å². The first kappa shape index (κ1) is 8.80. The molecule has 0 radical (unpaired) electrons. The smallest absolute Gasteiger partial charge is 0.0184 e. The van der Waals surface area contributed by atoms with Crippen LogP contribution in [0.5, 0.6) is 0 Å². The van der Waals surface area contributed by atoms with Gasteiger partial charge in [0, 0.05) is 0 Å². The van der Waals surface area contributed by atoms with Gasteiger partial charge in [0.1, 0.15) is 0 Å². The first-order chi connectivity index (χ1) is 6.11. The van der Waals surface area contributed by atoms with Crippen LogP contribution in [0.1, 0.15) is 47.1 Å². The maximum absolute atomic E-state index is 2.40. The minimum atomic E-state index is 0.785. The van der Waals surface area contributed by atoms with Crippen LogP contribution < -0.4 is 0 Å². The fraction of sp³-hybridized carbons (Fsp3) is 0.538. The van der Waals surface area contributed by atoms with Gasteiger partial charge < -0.3 is 0 Å². The Morgan fingerprint density at radius 1 is 1.15 bits per heavy atom. The van der Waals surface area contributed by atoms with Gasteiger partial charge in [0.15, 0.2) is 0 Å². The van der Waals surface area contributed by atoms with Crippen molar-refractivity contribution in [3.8, 4) is 0 Å². The topological polar surface area (TPSA) is 0 Å². The zero-order valence-electron chi connectivity index (χ0n) is 9.07. The van der Waals surface area contributed by atoms with Crippen LogP contribution in [0.15, 0.2) is 6.07 Å². The molecule has 0 bridgehead atoms. The van der Waals surface area contributed by atoms with Gasteiger partial charge in [-0.2, -0.15) is 0 Å². The van der Waals surface area contributed by atoms with Gasteiger partial charge in [-0.25, -0.2) is 0 Å². The maximum atomic E-state index is 2.40. The third kappa shape index (κ3) is 1.20. The number of fused-ring (bicyclic) bond motifs is 1. The van der Waals surface area contributed by atoms with E-state index in [9.17, 15) is 0 Å². The normalized spacial score (nSPS) is 20.5. The van der Waals surface area contributed by atoms with Gasteiger partial charge in [0.05, 0.1) is 0 Å². The predicted molar refractivity (Wildman–Crippen MR) is 57.4 cm³/mol. The predicted octanol–water partition coefficient (Wildman–Crippen LogP) is 3.66. The molecule has 0 aliphatic heterocycles. The fourth-order valence-electron chi connectivity index (χ4n) is 2.46. The molecular formula is C13H18. The number of hydrogen-bond acceptors (Lipinski definition) is 0. The van der Waals surface area contributed by atoms with Gasteiger partial charge in [-0.15, -0.1) is 0 Å². The number of benzene rings is 1. The molecule has 0 amide bonds. The number of hydrogen-bond donors (Lipinski definition) is 0. The quantitative estimate of drug-likeness (QED) is 0.563. The highest BCUT2D eigenvalue weighted by Gasteiger charge is 2.21. The average Bonchev–Trinajstić information content (AvgIpc) is 2.45. The van der Waals surface area contributed by atoms with Crippen molar-refractivity contribution in [2.45, 2.75) is 46.5 Å². The summed E-state index contributed by atoms with van der Waals surface area (Å²) in [7, 11) is 0. The van der Waals surface area contributed by atoms with Crippen molar-refractivity contribution in [1.29, 1.82) is 0 Å². The van der Waals surface area contributed by atoms with E-state index in [1.165, 1.54) is 24.0 Å². The zero-order valence-corrected chi connectivity index (χ0v) is 9.07. The van der Waals surface area contributed by atoms with E-state index in [-0.39, 0.29) is 0 Å². The van der Waals surface area contributed by atoms with Gasteiger partial charge in [0.25, 0.3) is 0 Å². The molecule has 0 saturated heterocycles. The van der Waals surface area contributed by atoms with Crippen LogP contribution in [-0.2, 0) is 6.42 Å². The van der Waals surface area contributed by atoms with Crippen molar-refractivity contribution in [2.24, 2.45) is 0 Å². The number of aryl methyl sites for hydroxylation is 1. The third-order valence-electron chi connectivity index (χ3n) is 3.69. The van der Waals surface area contributed by atoms with Crippen LogP contribution in [0.4, 0.5) is 0 Å². The fourth-order valence-corrected chi connectivity index (χ4v) is 2.46. The highest BCUT2D eigenvalue weighted by molar-refractivity contribution is 5.48. The Morgan fingerprint density at radius 2 is 1.85 bits per heavy atom. The second kappa shape index (κ2) is 2.87. The lowest BCUT2D eigenvalue weighted by Crippen LogP contribution is -1.95. The lowest BCUT2D eigenvalue weighted by molar-refractivity contribution is 0.747. The minimum Gasteiger partial charge on any atom is -0.0584 e. The highest BCUT2D eigenvalue weighted by atomic mass is 14.3. The third-order valence-corrected chi connectivity index (χ3v) is 3.69. The summed E-state index contributed by atoms with van der Waals surface area (Å²) in [5, 5.41) is 0. The molecule has 1 unspecified atom stereocenters. The summed E-state index contributed by atoms with van der Waals surface area (Å²) < 4.78 is 0. The summed E-state index contributed by atoms with van der Waals surface area (Å²) in [6, 6.07) is 2.40. The van der Waals surface area contributed by atoms with Gasteiger partial charge >= 0.3 is 0 Å². The summed E-state index contributed by atoms with van der Waals surface area (Å²) in [5.41, 5.74) is 7.74. The van der Waals surface area contributed by atoms with Crippen LogP contribution in [0.3, 0.4) is 0 Å². The molecule has 1 atom stereocenters.